The van der Waals surface area contributed by atoms with Crippen molar-refractivity contribution >= 4 is 0 Å². The van der Waals surface area contributed by atoms with Gasteiger partial charge in [0, 0.05) is 25.7 Å². The number of alkyl halides is 1. The van der Waals surface area contributed by atoms with Crippen molar-refractivity contribution in [3.63, 3.8) is 0 Å². The standard InChI is InChI=1S/C11H20FNO/c1-11(12)4-5-13-8-10(11)9-2-6-14-7-3-9/h9-10,13H,2-8H2,1H3. The molecule has 0 aromatic carbocycles. The Kier molecular flexibility index (Phi) is 3.07. The Hall–Kier alpha value is -0.150. The number of hydrogen-bond donors (Lipinski definition) is 1. The zero-order valence-electron chi connectivity index (χ0n) is 8.89. The molecule has 0 aromatic heterocycles. The number of nitrogens with one attached hydrogen (secondary N) is 1. The predicted octanol–water partition coefficient (Wildman–Crippen LogP) is 1.75. The van der Waals surface area contributed by atoms with E-state index in [0.29, 0.717) is 12.3 Å². The van der Waals surface area contributed by atoms with Crippen LogP contribution < -0.4 is 5.32 Å². The largest absolute Gasteiger partial charge is 0.381 e. The van der Waals surface area contributed by atoms with Gasteiger partial charge in [0.1, 0.15) is 5.67 Å². The average molecular weight is 201 g/mol. The van der Waals surface area contributed by atoms with Crippen LogP contribution >= 0.6 is 0 Å². The summed E-state index contributed by atoms with van der Waals surface area (Å²) in [5.41, 5.74) is -0.965. The van der Waals surface area contributed by atoms with E-state index in [1.807, 2.05) is 0 Å². The van der Waals surface area contributed by atoms with Crippen molar-refractivity contribution in [2.45, 2.75) is 31.9 Å². The van der Waals surface area contributed by atoms with Crippen LogP contribution in [-0.2, 0) is 4.74 Å². The topological polar surface area (TPSA) is 21.3 Å². The number of rotatable bonds is 1. The summed E-state index contributed by atoms with van der Waals surface area (Å²) >= 11 is 0. The van der Waals surface area contributed by atoms with Crippen LogP contribution in [0, 0.1) is 11.8 Å². The Balaban J connectivity index is 1.99. The predicted molar refractivity (Wildman–Crippen MR) is 54.0 cm³/mol. The third kappa shape index (κ3) is 2.09. The molecule has 14 heavy (non-hydrogen) atoms. The average Bonchev–Trinajstić information content (AvgIpc) is 2.18. The second-order valence-electron chi connectivity index (χ2n) is 4.79. The maximum absolute atomic E-state index is 14.2. The first-order valence-corrected chi connectivity index (χ1v) is 5.67. The quantitative estimate of drug-likeness (QED) is 0.698. The molecule has 0 spiro atoms. The molecule has 0 aromatic rings. The van der Waals surface area contributed by atoms with Gasteiger partial charge in [0.2, 0.25) is 0 Å². The van der Waals surface area contributed by atoms with Crippen LogP contribution in [0.1, 0.15) is 26.2 Å². The van der Waals surface area contributed by atoms with Crippen LogP contribution in [0.5, 0.6) is 0 Å². The van der Waals surface area contributed by atoms with Gasteiger partial charge >= 0.3 is 0 Å². The molecular weight excluding hydrogens is 181 g/mol. The van der Waals surface area contributed by atoms with E-state index in [9.17, 15) is 4.39 Å². The minimum Gasteiger partial charge on any atom is -0.381 e. The highest BCUT2D eigenvalue weighted by molar-refractivity contribution is 4.93. The SMILES string of the molecule is CC1(F)CCNCC1C1CCOCC1. The van der Waals surface area contributed by atoms with Gasteiger partial charge in [0.15, 0.2) is 0 Å². The molecule has 2 aliphatic heterocycles. The number of halogens is 1. The lowest BCUT2D eigenvalue weighted by atomic mass is 9.73. The number of ether oxygens (including phenoxy) is 1. The molecule has 0 amide bonds. The van der Waals surface area contributed by atoms with E-state index < -0.39 is 5.67 Å². The summed E-state index contributed by atoms with van der Waals surface area (Å²) in [6, 6.07) is 0. The van der Waals surface area contributed by atoms with E-state index in [1.54, 1.807) is 6.92 Å². The Labute approximate surface area is 85.2 Å². The lowest BCUT2D eigenvalue weighted by molar-refractivity contribution is -0.0194. The summed E-state index contributed by atoms with van der Waals surface area (Å²) in [6.07, 6.45) is 2.73. The maximum Gasteiger partial charge on any atom is 0.113 e. The van der Waals surface area contributed by atoms with E-state index in [1.165, 1.54) is 0 Å². The van der Waals surface area contributed by atoms with Gasteiger partial charge in [-0.25, -0.2) is 4.39 Å². The van der Waals surface area contributed by atoms with E-state index in [2.05, 4.69) is 5.32 Å². The molecule has 0 aliphatic carbocycles. The second-order valence-corrected chi connectivity index (χ2v) is 4.79. The van der Waals surface area contributed by atoms with E-state index in [-0.39, 0.29) is 5.92 Å². The smallest absolute Gasteiger partial charge is 0.113 e. The first kappa shape index (κ1) is 10.4. The van der Waals surface area contributed by atoms with Crippen LogP contribution in [0.3, 0.4) is 0 Å². The van der Waals surface area contributed by atoms with Gasteiger partial charge < -0.3 is 10.1 Å². The summed E-state index contributed by atoms with van der Waals surface area (Å²) in [4.78, 5) is 0. The third-order valence-corrected chi connectivity index (χ3v) is 3.76. The van der Waals surface area contributed by atoms with Gasteiger partial charge in [-0.1, -0.05) is 0 Å². The zero-order valence-corrected chi connectivity index (χ0v) is 8.89. The normalized spacial score (nSPS) is 41.1. The Bertz CT molecular complexity index is 190. The molecule has 2 nitrogen and oxygen atoms in total. The Morgan fingerprint density at radius 2 is 2.07 bits per heavy atom. The Morgan fingerprint density at radius 1 is 1.36 bits per heavy atom. The first-order valence-electron chi connectivity index (χ1n) is 5.67. The van der Waals surface area contributed by atoms with Gasteiger partial charge in [0.05, 0.1) is 0 Å². The monoisotopic (exact) mass is 201 g/mol. The minimum atomic E-state index is -0.965. The Morgan fingerprint density at radius 3 is 2.71 bits per heavy atom. The third-order valence-electron chi connectivity index (χ3n) is 3.76. The molecule has 2 fully saturated rings. The van der Waals surface area contributed by atoms with Gasteiger partial charge in [-0.15, -0.1) is 0 Å². The van der Waals surface area contributed by atoms with Crippen LogP contribution in [-0.4, -0.2) is 32.0 Å². The van der Waals surface area contributed by atoms with Gasteiger partial charge in [0.25, 0.3) is 0 Å². The molecule has 2 unspecified atom stereocenters. The molecule has 2 atom stereocenters. The fourth-order valence-corrected chi connectivity index (χ4v) is 2.76. The fourth-order valence-electron chi connectivity index (χ4n) is 2.76. The van der Waals surface area contributed by atoms with Gasteiger partial charge in [-0.2, -0.15) is 0 Å². The van der Waals surface area contributed by atoms with Crippen molar-refractivity contribution in [3.05, 3.63) is 0 Å². The summed E-state index contributed by atoms with van der Waals surface area (Å²) < 4.78 is 19.6. The summed E-state index contributed by atoms with van der Waals surface area (Å²) in [6.45, 7) is 5.08. The van der Waals surface area contributed by atoms with Gasteiger partial charge in [-0.3, -0.25) is 0 Å². The molecule has 2 aliphatic rings. The molecule has 0 saturated carbocycles. The van der Waals surface area contributed by atoms with Crippen molar-refractivity contribution in [3.8, 4) is 0 Å². The van der Waals surface area contributed by atoms with Crippen molar-refractivity contribution in [1.82, 2.24) is 5.32 Å². The molecule has 82 valence electrons. The zero-order chi connectivity index (χ0) is 10.0. The highest BCUT2D eigenvalue weighted by atomic mass is 19.1. The van der Waals surface area contributed by atoms with E-state index in [4.69, 9.17) is 4.74 Å². The van der Waals surface area contributed by atoms with Crippen molar-refractivity contribution in [1.29, 1.82) is 0 Å². The summed E-state index contributed by atoms with van der Waals surface area (Å²) in [5, 5.41) is 3.31. The van der Waals surface area contributed by atoms with E-state index >= 15 is 0 Å². The van der Waals surface area contributed by atoms with Crippen LogP contribution in [0.15, 0.2) is 0 Å². The molecule has 0 radical (unpaired) electrons. The van der Waals surface area contributed by atoms with E-state index in [0.717, 1.165) is 39.1 Å². The fraction of sp³-hybridized carbons (Fsp3) is 1.00. The van der Waals surface area contributed by atoms with Crippen molar-refractivity contribution in [2.75, 3.05) is 26.3 Å². The van der Waals surface area contributed by atoms with Crippen LogP contribution in [0.2, 0.25) is 0 Å². The lowest BCUT2D eigenvalue weighted by Crippen LogP contribution is -2.49. The number of piperidine rings is 1. The molecule has 2 rings (SSSR count). The highest BCUT2D eigenvalue weighted by Crippen LogP contribution is 2.37. The second kappa shape index (κ2) is 4.15. The lowest BCUT2D eigenvalue weighted by Gasteiger charge is -2.41. The minimum absolute atomic E-state index is 0.195. The van der Waals surface area contributed by atoms with Crippen LogP contribution in [0.4, 0.5) is 4.39 Å². The molecule has 0 bridgehead atoms. The maximum atomic E-state index is 14.2. The van der Waals surface area contributed by atoms with Crippen molar-refractivity contribution < 1.29 is 9.13 Å². The highest BCUT2D eigenvalue weighted by Gasteiger charge is 2.41. The van der Waals surface area contributed by atoms with Crippen molar-refractivity contribution in [2.24, 2.45) is 11.8 Å². The molecule has 2 heterocycles. The molecule has 1 N–H and O–H groups in total. The first-order chi connectivity index (χ1) is 6.70. The summed E-state index contributed by atoms with van der Waals surface area (Å²) in [7, 11) is 0. The molecular formula is C11H20FNO. The molecule has 3 heteroatoms. The number of hydrogen-bond acceptors (Lipinski definition) is 2. The van der Waals surface area contributed by atoms with Crippen LogP contribution in [0.25, 0.3) is 0 Å². The molecule has 2 saturated heterocycles. The summed E-state index contributed by atoms with van der Waals surface area (Å²) in [5.74, 6) is 0.715. The van der Waals surface area contributed by atoms with Gasteiger partial charge in [-0.05, 0) is 38.6 Å².